The van der Waals surface area contributed by atoms with Gasteiger partial charge in [-0.25, -0.2) is 9.78 Å². The molecular weight excluding hydrogens is 462 g/mol. The van der Waals surface area contributed by atoms with Crippen molar-refractivity contribution in [2.24, 2.45) is 5.92 Å². The zero-order valence-corrected chi connectivity index (χ0v) is 20.5. The molecule has 2 aliphatic rings. The standard InChI is InChI=1S/C27H31N3O4S/c31-25(18-7-2-1-3-8-18)26(32)30-14-12-29(13-15-30)17-20-23(27(33)34)19-9-4-5-10-21(19)28-24(20)22-11-6-16-35-22/h4-6,9-11,16,18,25,31H,1-3,7-8,12-15,17H2,(H,33,34)/t25-/m0/s1. The molecule has 3 aromatic rings. The number of aliphatic hydroxyl groups excluding tert-OH is 1. The van der Waals surface area contributed by atoms with Crippen molar-refractivity contribution in [2.75, 3.05) is 26.2 Å². The number of aliphatic hydroxyl groups is 1. The van der Waals surface area contributed by atoms with Gasteiger partial charge in [0.15, 0.2) is 0 Å². The van der Waals surface area contributed by atoms with Crippen molar-refractivity contribution in [3.8, 4) is 10.6 Å². The number of carboxylic acid groups (broad SMARTS) is 1. The molecule has 0 bridgehead atoms. The second-order valence-electron chi connectivity index (χ2n) is 9.56. The summed E-state index contributed by atoms with van der Waals surface area (Å²) in [6, 6.07) is 11.3. The summed E-state index contributed by atoms with van der Waals surface area (Å²) in [4.78, 5) is 35.1. The summed E-state index contributed by atoms with van der Waals surface area (Å²) in [5, 5.41) is 23.5. The number of pyridine rings is 1. The molecule has 8 heteroatoms. The Kier molecular flexibility index (Phi) is 7.13. The fourth-order valence-electron chi connectivity index (χ4n) is 5.46. The van der Waals surface area contributed by atoms with Crippen LogP contribution in [0.3, 0.4) is 0 Å². The molecule has 1 aliphatic heterocycles. The van der Waals surface area contributed by atoms with E-state index >= 15 is 0 Å². The van der Waals surface area contributed by atoms with Crippen LogP contribution < -0.4 is 0 Å². The molecule has 1 amide bonds. The van der Waals surface area contributed by atoms with Crippen molar-refractivity contribution in [2.45, 2.75) is 44.8 Å². The van der Waals surface area contributed by atoms with E-state index < -0.39 is 12.1 Å². The minimum atomic E-state index is -0.958. The Morgan fingerprint density at radius 1 is 1.03 bits per heavy atom. The average molecular weight is 494 g/mol. The zero-order chi connectivity index (χ0) is 24.4. The summed E-state index contributed by atoms with van der Waals surface area (Å²) < 4.78 is 0. The number of amides is 1. The van der Waals surface area contributed by atoms with Gasteiger partial charge in [0.1, 0.15) is 6.10 Å². The largest absolute Gasteiger partial charge is 0.478 e. The van der Waals surface area contributed by atoms with Crippen molar-refractivity contribution < 1.29 is 19.8 Å². The van der Waals surface area contributed by atoms with Gasteiger partial charge in [-0.15, -0.1) is 11.3 Å². The smallest absolute Gasteiger partial charge is 0.336 e. The third-order valence-electron chi connectivity index (χ3n) is 7.38. The van der Waals surface area contributed by atoms with Gasteiger partial charge in [0.25, 0.3) is 5.91 Å². The maximum Gasteiger partial charge on any atom is 0.336 e. The highest BCUT2D eigenvalue weighted by Crippen LogP contribution is 2.34. The van der Waals surface area contributed by atoms with E-state index in [0.717, 1.165) is 30.6 Å². The van der Waals surface area contributed by atoms with Gasteiger partial charge in [-0.2, -0.15) is 0 Å². The minimum Gasteiger partial charge on any atom is -0.478 e. The number of hydrogen-bond donors (Lipinski definition) is 2. The number of hydrogen-bond acceptors (Lipinski definition) is 6. The maximum atomic E-state index is 12.9. The highest BCUT2D eigenvalue weighted by atomic mass is 32.1. The molecule has 3 heterocycles. The Bertz CT molecular complexity index is 1200. The van der Waals surface area contributed by atoms with Gasteiger partial charge in [-0.3, -0.25) is 9.69 Å². The second-order valence-corrected chi connectivity index (χ2v) is 10.5. The molecule has 1 saturated heterocycles. The fourth-order valence-corrected chi connectivity index (χ4v) is 6.20. The van der Waals surface area contributed by atoms with Gasteiger partial charge in [-0.05, 0) is 36.3 Å². The number of benzene rings is 1. The highest BCUT2D eigenvalue weighted by Gasteiger charge is 2.33. The quantitative estimate of drug-likeness (QED) is 0.533. The van der Waals surface area contributed by atoms with Crippen molar-refractivity contribution >= 4 is 34.1 Å². The summed E-state index contributed by atoms with van der Waals surface area (Å²) >= 11 is 1.55. The molecule has 1 atom stereocenters. The molecule has 7 nitrogen and oxygen atoms in total. The average Bonchev–Trinajstić information content (AvgIpc) is 3.43. The Morgan fingerprint density at radius 2 is 1.77 bits per heavy atom. The predicted octanol–water partition coefficient (Wildman–Crippen LogP) is 4.25. The molecule has 1 saturated carbocycles. The van der Waals surface area contributed by atoms with Crippen LogP contribution in [0.1, 0.15) is 48.0 Å². The number of nitrogens with zero attached hydrogens (tertiary/aromatic N) is 3. The highest BCUT2D eigenvalue weighted by molar-refractivity contribution is 7.13. The van der Waals surface area contributed by atoms with E-state index in [2.05, 4.69) is 4.90 Å². The molecule has 2 aromatic heterocycles. The molecule has 0 radical (unpaired) electrons. The van der Waals surface area contributed by atoms with Crippen molar-refractivity contribution in [1.29, 1.82) is 0 Å². The normalized spacial score (nSPS) is 18.6. The van der Waals surface area contributed by atoms with Crippen molar-refractivity contribution in [3.63, 3.8) is 0 Å². The SMILES string of the molecule is O=C(O)c1c(CN2CCN(C(=O)[C@@H](O)C3CCCCC3)CC2)c(-c2cccs2)nc2ccccc12. The summed E-state index contributed by atoms with van der Waals surface area (Å²) in [6.07, 6.45) is 4.29. The van der Waals surface area contributed by atoms with Gasteiger partial charge in [0.2, 0.25) is 0 Å². The first-order chi connectivity index (χ1) is 17.0. The van der Waals surface area contributed by atoms with Crippen LogP contribution in [0.5, 0.6) is 0 Å². The first kappa shape index (κ1) is 23.9. The summed E-state index contributed by atoms with van der Waals surface area (Å²) in [5.41, 5.74) is 2.39. The van der Waals surface area contributed by atoms with E-state index in [9.17, 15) is 19.8 Å². The molecule has 184 valence electrons. The molecular formula is C27H31N3O4S. The third-order valence-corrected chi connectivity index (χ3v) is 8.25. The van der Waals surface area contributed by atoms with Crippen LogP contribution in [0, 0.1) is 5.92 Å². The molecule has 35 heavy (non-hydrogen) atoms. The Labute approximate surface area is 209 Å². The van der Waals surface area contributed by atoms with Gasteiger partial charge < -0.3 is 15.1 Å². The first-order valence-corrected chi connectivity index (χ1v) is 13.3. The van der Waals surface area contributed by atoms with Crippen LogP contribution in [-0.2, 0) is 11.3 Å². The summed E-state index contributed by atoms with van der Waals surface area (Å²) in [6.45, 7) is 2.75. The fraction of sp³-hybridized carbons (Fsp3) is 0.444. The van der Waals surface area contributed by atoms with Crippen molar-refractivity contribution in [1.82, 2.24) is 14.8 Å². The van der Waals surface area contributed by atoms with Crippen LogP contribution in [0.4, 0.5) is 0 Å². The van der Waals surface area contributed by atoms with Gasteiger partial charge >= 0.3 is 5.97 Å². The van der Waals surface area contributed by atoms with Crippen LogP contribution >= 0.6 is 11.3 Å². The number of carboxylic acids is 1. The number of aromatic carboxylic acids is 1. The van der Waals surface area contributed by atoms with Gasteiger partial charge in [-0.1, -0.05) is 43.5 Å². The third kappa shape index (κ3) is 4.96. The number of para-hydroxylation sites is 1. The molecule has 1 aromatic carbocycles. The van der Waals surface area contributed by atoms with Gasteiger partial charge in [0, 0.05) is 43.7 Å². The molecule has 1 aliphatic carbocycles. The second kappa shape index (κ2) is 10.4. The Morgan fingerprint density at radius 3 is 2.46 bits per heavy atom. The van der Waals surface area contributed by atoms with E-state index in [-0.39, 0.29) is 11.8 Å². The number of piperazine rings is 1. The summed E-state index contributed by atoms with van der Waals surface area (Å²) in [5.74, 6) is -1.04. The minimum absolute atomic E-state index is 0.0735. The number of fused-ring (bicyclic) bond motifs is 1. The van der Waals surface area contributed by atoms with Gasteiger partial charge in [0.05, 0.1) is 21.7 Å². The van der Waals surface area contributed by atoms with Crippen LogP contribution in [-0.4, -0.2) is 69.2 Å². The summed E-state index contributed by atoms with van der Waals surface area (Å²) in [7, 11) is 0. The van der Waals surface area contributed by atoms with E-state index in [4.69, 9.17) is 4.98 Å². The van der Waals surface area contributed by atoms with E-state index in [1.54, 1.807) is 16.2 Å². The van der Waals surface area contributed by atoms with E-state index in [1.807, 2.05) is 41.8 Å². The lowest BCUT2D eigenvalue weighted by atomic mass is 9.85. The molecule has 0 unspecified atom stereocenters. The van der Waals surface area contributed by atoms with E-state index in [0.29, 0.717) is 60.4 Å². The monoisotopic (exact) mass is 493 g/mol. The number of rotatable bonds is 6. The number of carbonyl (C=O) groups is 2. The lowest BCUT2D eigenvalue weighted by molar-refractivity contribution is -0.145. The number of thiophene rings is 1. The molecule has 2 N–H and O–H groups in total. The lowest BCUT2D eigenvalue weighted by Crippen LogP contribution is -2.52. The predicted molar refractivity (Wildman–Crippen MR) is 136 cm³/mol. The van der Waals surface area contributed by atoms with Crippen molar-refractivity contribution in [3.05, 3.63) is 52.9 Å². The van der Waals surface area contributed by atoms with Crippen LogP contribution in [0.15, 0.2) is 41.8 Å². The lowest BCUT2D eigenvalue weighted by Gasteiger charge is -2.37. The van der Waals surface area contributed by atoms with E-state index in [1.165, 1.54) is 6.42 Å². The number of aromatic nitrogens is 1. The Balaban J connectivity index is 1.36. The molecule has 2 fully saturated rings. The zero-order valence-electron chi connectivity index (χ0n) is 19.7. The number of carbonyl (C=O) groups excluding carboxylic acids is 1. The Hall–Kier alpha value is -2.81. The van der Waals surface area contributed by atoms with Crippen LogP contribution in [0.25, 0.3) is 21.5 Å². The van der Waals surface area contributed by atoms with Crippen LogP contribution in [0.2, 0.25) is 0 Å². The topological polar surface area (TPSA) is 94.0 Å². The molecule has 0 spiro atoms. The molecule has 5 rings (SSSR count). The maximum absolute atomic E-state index is 12.9. The first-order valence-electron chi connectivity index (χ1n) is 12.4.